The lowest BCUT2D eigenvalue weighted by molar-refractivity contribution is -0.152. The first-order valence-electron chi connectivity index (χ1n) is 8.30. The molecule has 0 saturated heterocycles. The van der Waals surface area contributed by atoms with Crippen molar-refractivity contribution in [1.29, 1.82) is 0 Å². The fraction of sp³-hybridized carbons (Fsp3) is 0.824. The maximum Gasteiger partial charge on any atom is 0.324 e. The Morgan fingerprint density at radius 3 is 2.35 bits per heavy atom. The molecular weight excluding hydrogens is 250 g/mol. The Morgan fingerprint density at radius 2 is 1.75 bits per heavy atom. The smallest absolute Gasteiger partial charge is 0.324 e. The van der Waals surface area contributed by atoms with Crippen molar-refractivity contribution < 1.29 is 9.53 Å². The Kier molecular flexibility index (Phi) is 6.08. The summed E-state index contributed by atoms with van der Waals surface area (Å²) >= 11 is 0. The van der Waals surface area contributed by atoms with Crippen LogP contribution in [0.25, 0.3) is 0 Å². The van der Waals surface area contributed by atoms with E-state index in [1.165, 1.54) is 44.9 Å². The van der Waals surface area contributed by atoms with Gasteiger partial charge in [-0.2, -0.15) is 0 Å². The van der Waals surface area contributed by atoms with E-state index in [9.17, 15) is 4.79 Å². The molecule has 2 fully saturated rings. The standard InChI is InChI=1S/C17H29NO2/c1-3-13(2)16(18-14-9-5-4-6-10-14)17(19)20-15-11-7-8-12-15/h3,13-16,18H,1,4-12H2,2H3. The summed E-state index contributed by atoms with van der Waals surface area (Å²) in [6, 6.07) is 0.239. The number of hydrogen-bond donors (Lipinski definition) is 1. The Labute approximate surface area is 123 Å². The van der Waals surface area contributed by atoms with Gasteiger partial charge < -0.3 is 10.1 Å². The van der Waals surface area contributed by atoms with Crippen molar-refractivity contribution in [2.45, 2.75) is 82.9 Å². The zero-order valence-electron chi connectivity index (χ0n) is 12.8. The van der Waals surface area contributed by atoms with E-state index >= 15 is 0 Å². The molecule has 2 rings (SSSR count). The lowest BCUT2D eigenvalue weighted by atomic mass is 9.93. The quantitative estimate of drug-likeness (QED) is 0.596. The van der Waals surface area contributed by atoms with Crippen molar-refractivity contribution in [1.82, 2.24) is 5.32 Å². The molecule has 20 heavy (non-hydrogen) atoms. The summed E-state index contributed by atoms with van der Waals surface area (Å²) in [6.45, 7) is 5.89. The van der Waals surface area contributed by atoms with Crippen LogP contribution in [0.3, 0.4) is 0 Å². The number of ether oxygens (including phenoxy) is 1. The second-order valence-corrected chi connectivity index (χ2v) is 6.42. The molecule has 2 unspecified atom stereocenters. The van der Waals surface area contributed by atoms with E-state index in [1.807, 2.05) is 13.0 Å². The number of hydrogen-bond acceptors (Lipinski definition) is 3. The van der Waals surface area contributed by atoms with Gasteiger partial charge in [-0.3, -0.25) is 4.79 Å². The third-order valence-corrected chi connectivity index (χ3v) is 4.76. The van der Waals surface area contributed by atoms with E-state index in [2.05, 4.69) is 11.9 Å². The lowest BCUT2D eigenvalue weighted by Crippen LogP contribution is -2.48. The monoisotopic (exact) mass is 279 g/mol. The summed E-state index contributed by atoms with van der Waals surface area (Å²) < 4.78 is 5.69. The molecule has 0 spiro atoms. The van der Waals surface area contributed by atoms with Crippen LogP contribution in [0.5, 0.6) is 0 Å². The van der Waals surface area contributed by atoms with Gasteiger partial charge in [0.15, 0.2) is 0 Å². The van der Waals surface area contributed by atoms with E-state index in [4.69, 9.17) is 4.74 Å². The van der Waals surface area contributed by atoms with Crippen LogP contribution in [0.15, 0.2) is 12.7 Å². The highest BCUT2D eigenvalue weighted by molar-refractivity contribution is 5.76. The van der Waals surface area contributed by atoms with Crippen LogP contribution in [-0.4, -0.2) is 24.2 Å². The normalized spacial score (nSPS) is 24.2. The van der Waals surface area contributed by atoms with Gasteiger partial charge in [-0.25, -0.2) is 0 Å². The van der Waals surface area contributed by atoms with Crippen LogP contribution < -0.4 is 5.32 Å². The summed E-state index contributed by atoms with van der Waals surface area (Å²) in [5, 5.41) is 3.53. The van der Waals surface area contributed by atoms with Gasteiger partial charge in [0.1, 0.15) is 12.1 Å². The summed E-state index contributed by atoms with van der Waals surface area (Å²) in [6.07, 6.45) is 12.7. The molecule has 0 amide bonds. The summed E-state index contributed by atoms with van der Waals surface area (Å²) in [5.41, 5.74) is 0. The van der Waals surface area contributed by atoms with Crippen LogP contribution in [-0.2, 0) is 9.53 Å². The third kappa shape index (κ3) is 4.34. The first-order chi connectivity index (χ1) is 9.70. The van der Waals surface area contributed by atoms with Crippen molar-refractivity contribution >= 4 is 5.97 Å². The van der Waals surface area contributed by atoms with E-state index < -0.39 is 0 Å². The van der Waals surface area contributed by atoms with Gasteiger partial charge in [-0.05, 0) is 44.4 Å². The minimum atomic E-state index is -0.226. The molecule has 2 aliphatic carbocycles. The minimum Gasteiger partial charge on any atom is -0.461 e. The van der Waals surface area contributed by atoms with Gasteiger partial charge in [0.2, 0.25) is 0 Å². The number of esters is 1. The molecule has 1 N–H and O–H groups in total. The van der Waals surface area contributed by atoms with Crippen molar-refractivity contribution in [2.75, 3.05) is 0 Å². The first kappa shape index (κ1) is 15.6. The number of rotatable bonds is 6. The predicted molar refractivity (Wildman–Crippen MR) is 81.5 cm³/mol. The van der Waals surface area contributed by atoms with Crippen LogP contribution in [0, 0.1) is 5.92 Å². The molecule has 0 aromatic heterocycles. The molecule has 0 aliphatic heterocycles. The van der Waals surface area contributed by atoms with Gasteiger partial charge in [-0.1, -0.05) is 32.3 Å². The summed E-state index contributed by atoms with van der Waals surface area (Å²) in [4.78, 5) is 12.4. The Balaban J connectivity index is 1.90. The van der Waals surface area contributed by atoms with E-state index in [-0.39, 0.29) is 24.0 Å². The predicted octanol–water partition coefficient (Wildman–Crippen LogP) is 3.59. The van der Waals surface area contributed by atoms with Crippen molar-refractivity contribution in [3.63, 3.8) is 0 Å². The molecule has 2 saturated carbocycles. The Bertz CT molecular complexity index is 317. The maximum atomic E-state index is 12.4. The molecule has 0 heterocycles. The average Bonchev–Trinajstić information content (AvgIpc) is 2.98. The van der Waals surface area contributed by atoms with Gasteiger partial charge in [0, 0.05) is 6.04 Å². The topological polar surface area (TPSA) is 38.3 Å². The fourth-order valence-corrected chi connectivity index (χ4v) is 3.34. The van der Waals surface area contributed by atoms with E-state index in [0.29, 0.717) is 6.04 Å². The molecule has 2 atom stereocenters. The summed E-state index contributed by atoms with van der Waals surface area (Å²) in [7, 11) is 0. The molecule has 0 aromatic rings. The zero-order chi connectivity index (χ0) is 14.4. The van der Waals surface area contributed by atoms with E-state index in [0.717, 1.165) is 12.8 Å². The number of nitrogens with one attached hydrogen (secondary N) is 1. The zero-order valence-corrected chi connectivity index (χ0v) is 12.8. The van der Waals surface area contributed by atoms with Gasteiger partial charge in [0.25, 0.3) is 0 Å². The van der Waals surface area contributed by atoms with Crippen LogP contribution in [0.2, 0.25) is 0 Å². The first-order valence-corrected chi connectivity index (χ1v) is 8.30. The van der Waals surface area contributed by atoms with E-state index in [1.54, 1.807) is 0 Å². The lowest BCUT2D eigenvalue weighted by Gasteiger charge is -2.30. The molecule has 0 radical (unpaired) electrons. The van der Waals surface area contributed by atoms with Crippen LogP contribution in [0.4, 0.5) is 0 Å². The second-order valence-electron chi connectivity index (χ2n) is 6.42. The minimum absolute atomic E-state index is 0.0742. The largest absolute Gasteiger partial charge is 0.461 e. The Morgan fingerprint density at radius 1 is 1.15 bits per heavy atom. The molecular formula is C17H29NO2. The van der Waals surface area contributed by atoms with Gasteiger partial charge >= 0.3 is 5.97 Å². The SMILES string of the molecule is C=CC(C)C(NC1CCCCC1)C(=O)OC1CCCC1. The molecule has 2 aliphatic rings. The van der Waals surface area contributed by atoms with Crippen molar-refractivity contribution in [3.8, 4) is 0 Å². The highest BCUT2D eigenvalue weighted by atomic mass is 16.5. The summed E-state index contributed by atoms with van der Waals surface area (Å²) in [5.74, 6) is 0.0423. The molecule has 0 aromatic carbocycles. The highest BCUT2D eigenvalue weighted by Crippen LogP contribution is 2.23. The van der Waals surface area contributed by atoms with Crippen molar-refractivity contribution in [2.24, 2.45) is 5.92 Å². The third-order valence-electron chi connectivity index (χ3n) is 4.76. The van der Waals surface area contributed by atoms with Crippen LogP contribution in [0.1, 0.15) is 64.7 Å². The highest BCUT2D eigenvalue weighted by Gasteiger charge is 2.30. The fourth-order valence-electron chi connectivity index (χ4n) is 3.34. The van der Waals surface area contributed by atoms with Gasteiger partial charge in [-0.15, -0.1) is 6.58 Å². The van der Waals surface area contributed by atoms with Crippen LogP contribution >= 0.6 is 0 Å². The second kappa shape index (κ2) is 7.82. The molecule has 3 nitrogen and oxygen atoms in total. The Hall–Kier alpha value is -0.830. The maximum absolute atomic E-state index is 12.4. The molecule has 3 heteroatoms. The van der Waals surface area contributed by atoms with Crippen molar-refractivity contribution in [3.05, 3.63) is 12.7 Å². The number of carbonyl (C=O) groups excluding carboxylic acids is 1. The molecule has 0 bridgehead atoms. The number of carbonyl (C=O) groups is 1. The molecule has 114 valence electrons. The van der Waals surface area contributed by atoms with Gasteiger partial charge in [0.05, 0.1) is 0 Å². The average molecular weight is 279 g/mol.